The lowest BCUT2D eigenvalue weighted by molar-refractivity contribution is 0.174. The van der Waals surface area contributed by atoms with Crippen molar-refractivity contribution in [1.29, 1.82) is 0 Å². The molecule has 0 unspecified atom stereocenters. The zero-order chi connectivity index (χ0) is 16.9. The fourth-order valence-corrected chi connectivity index (χ4v) is 1.95. The van der Waals surface area contributed by atoms with Gasteiger partial charge in [0.15, 0.2) is 17.3 Å². The number of ether oxygens (including phenoxy) is 4. The average Bonchev–Trinajstić information content (AvgIpc) is 3.07. The fraction of sp³-hybridized carbons (Fsp3) is 0.286. The normalized spacial score (nSPS) is 11.8. The van der Waals surface area contributed by atoms with Crippen LogP contribution in [0, 0.1) is 0 Å². The number of carbonyl (C=O) groups excluding carboxylic acids is 1. The molecule has 2 N–H and O–H groups in total. The summed E-state index contributed by atoms with van der Waals surface area (Å²) in [6.45, 7) is 0.250. The first-order valence-corrected chi connectivity index (χ1v) is 6.95. The van der Waals surface area contributed by atoms with E-state index in [0.29, 0.717) is 23.0 Å². The van der Waals surface area contributed by atoms with Crippen molar-refractivity contribution in [3.05, 3.63) is 24.0 Å². The van der Waals surface area contributed by atoms with E-state index in [0.717, 1.165) is 0 Å². The number of carbonyl (C=O) groups is 1. The molecule has 0 radical (unpaired) electrons. The van der Waals surface area contributed by atoms with Gasteiger partial charge in [-0.15, -0.1) is 4.98 Å². The molecule has 0 spiro atoms. The van der Waals surface area contributed by atoms with Crippen molar-refractivity contribution in [3.8, 4) is 23.5 Å². The second-order valence-electron chi connectivity index (χ2n) is 4.60. The van der Waals surface area contributed by atoms with Crippen LogP contribution in [0.4, 0.5) is 10.5 Å². The average molecular weight is 333 g/mol. The number of rotatable bonds is 5. The molecule has 1 aliphatic rings. The predicted molar refractivity (Wildman–Crippen MR) is 81.4 cm³/mol. The second kappa shape index (κ2) is 6.86. The summed E-state index contributed by atoms with van der Waals surface area (Å²) in [4.78, 5) is 23.9. The van der Waals surface area contributed by atoms with Crippen LogP contribution in [0.1, 0.15) is 5.82 Å². The van der Waals surface area contributed by atoms with Crippen LogP contribution >= 0.6 is 0 Å². The molecule has 0 atom stereocenters. The maximum Gasteiger partial charge on any atom is 0.322 e. The van der Waals surface area contributed by atoms with Gasteiger partial charge in [0.1, 0.15) is 0 Å². The first kappa shape index (κ1) is 15.6. The van der Waals surface area contributed by atoms with Crippen molar-refractivity contribution in [2.45, 2.75) is 6.54 Å². The Labute approximate surface area is 137 Å². The van der Waals surface area contributed by atoms with Crippen molar-refractivity contribution < 1.29 is 23.7 Å². The molecular formula is C14H15N5O5. The smallest absolute Gasteiger partial charge is 0.322 e. The van der Waals surface area contributed by atoms with E-state index in [1.807, 2.05) is 0 Å². The lowest BCUT2D eigenvalue weighted by Crippen LogP contribution is -2.29. The van der Waals surface area contributed by atoms with Gasteiger partial charge >= 0.3 is 18.1 Å². The number of aromatic nitrogens is 3. The molecule has 0 saturated heterocycles. The van der Waals surface area contributed by atoms with Crippen LogP contribution in [-0.4, -0.2) is 42.0 Å². The lowest BCUT2D eigenvalue weighted by Gasteiger charge is -2.08. The van der Waals surface area contributed by atoms with Gasteiger partial charge < -0.3 is 29.6 Å². The van der Waals surface area contributed by atoms with Crippen LogP contribution in [0.3, 0.4) is 0 Å². The van der Waals surface area contributed by atoms with Crippen molar-refractivity contribution in [1.82, 2.24) is 20.3 Å². The van der Waals surface area contributed by atoms with Gasteiger partial charge in [-0.3, -0.25) is 0 Å². The molecule has 1 aromatic heterocycles. The topological polar surface area (TPSA) is 117 Å². The number of methoxy groups -OCH3 is 2. The first-order chi connectivity index (χ1) is 11.7. The van der Waals surface area contributed by atoms with Crippen molar-refractivity contribution in [2.24, 2.45) is 0 Å². The van der Waals surface area contributed by atoms with E-state index in [1.54, 1.807) is 18.2 Å². The minimum absolute atomic E-state index is 0.0750. The number of hydrogen-bond donors (Lipinski definition) is 2. The summed E-state index contributed by atoms with van der Waals surface area (Å²) in [5.74, 6) is 1.53. The Morgan fingerprint density at radius 3 is 2.54 bits per heavy atom. The molecule has 0 bridgehead atoms. The summed E-state index contributed by atoms with van der Waals surface area (Å²) >= 11 is 0. The van der Waals surface area contributed by atoms with Gasteiger partial charge in [0.25, 0.3) is 0 Å². The van der Waals surface area contributed by atoms with E-state index in [4.69, 9.17) is 18.9 Å². The van der Waals surface area contributed by atoms with E-state index in [1.165, 1.54) is 14.2 Å². The molecule has 24 heavy (non-hydrogen) atoms. The van der Waals surface area contributed by atoms with Gasteiger partial charge in [-0.2, -0.15) is 9.97 Å². The molecule has 126 valence electrons. The molecule has 10 nitrogen and oxygen atoms in total. The summed E-state index contributed by atoms with van der Waals surface area (Å²) in [6.07, 6.45) is 0. The summed E-state index contributed by atoms with van der Waals surface area (Å²) < 4.78 is 20.4. The molecule has 0 saturated carbocycles. The van der Waals surface area contributed by atoms with Gasteiger partial charge in [0.2, 0.25) is 6.79 Å². The van der Waals surface area contributed by atoms with Crippen LogP contribution in [0.5, 0.6) is 23.5 Å². The van der Waals surface area contributed by atoms with E-state index >= 15 is 0 Å². The molecule has 2 amide bonds. The highest BCUT2D eigenvalue weighted by Gasteiger charge is 2.14. The Bertz CT molecular complexity index is 732. The quantitative estimate of drug-likeness (QED) is 0.830. The first-order valence-electron chi connectivity index (χ1n) is 6.95. The Morgan fingerprint density at radius 2 is 1.83 bits per heavy atom. The minimum atomic E-state index is -0.424. The number of nitrogens with one attached hydrogen (secondary N) is 2. The number of anilines is 1. The van der Waals surface area contributed by atoms with Crippen LogP contribution < -0.4 is 29.6 Å². The van der Waals surface area contributed by atoms with Gasteiger partial charge in [0.05, 0.1) is 20.8 Å². The maximum absolute atomic E-state index is 12.0. The number of amides is 2. The number of hydrogen-bond acceptors (Lipinski definition) is 8. The molecule has 2 aromatic rings. The second-order valence-corrected chi connectivity index (χ2v) is 4.60. The molecule has 1 aliphatic heterocycles. The zero-order valence-corrected chi connectivity index (χ0v) is 13.0. The maximum atomic E-state index is 12.0. The molecule has 1 aromatic carbocycles. The Balaban J connectivity index is 1.59. The van der Waals surface area contributed by atoms with E-state index in [-0.39, 0.29) is 25.4 Å². The third-order valence-electron chi connectivity index (χ3n) is 3.04. The van der Waals surface area contributed by atoms with Crippen LogP contribution in [0.2, 0.25) is 0 Å². The van der Waals surface area contributed by atoms with Crippen molar-refractivity contribution in [2.75, 3.05) is 26.3 Å². The fourth-order valence-electron chi connectivity index (χ4n) is 1.95. The largest absolute Gasteiger partial charge is 0.467 e. The van der Waals surface area contributed by atoms with Gasteiger partial charge in [0, 0.05) is 11.8 Å². The standard InChI is InChI=1S/C14H15N5O5/c1-21-13-17-11(18-14(19-13)22-2)6-15-12(20)16-8-3-4-9-10(5-8)24-7-23-9/h3-5H,6-7H2,1-2H3,(H2,15,16,20). The molecule has 0 fully saturated rings. The van der Waals surface area contributed by atoms with Crippen molar-refractivity contribution >= 4 is 11.7 Å². The monoisotopic (exact) mass is 333 g/mol. The molecule has 10 heteroatoms. The van der Waals surface area contributed by atoms with E-state index in [2.05, 4.69) is 25.6 Å². The Morgan fingerprint density at radius 1 is 1.12 bits per heavy atom. The summed E-state index contributed by atoms with van der Waals surface area (Å²) in [7, 11) is 2.86. The van der Waals surface area contributed by atoms with Crippen LogP contribution in [0.25, 0.3) is 0 Å². The SMILES string of the molecule is COc1nc(CNC(=O)Nc2ccc3c(c2)OCO3)nc(OC)n1. The van der Waals surface area contributed by atoms with E-state index in [9.17, 15) is 4.79 Å². The minimum Gasteiger partial charge on any atom is -0.467 e. The molecule has 2 heterocycles. The number of benzene rings is 1. The summed E-state index contributed by atoms with van der Waals surface area (Å²) in [5, 5.41) is 5.31. The number of fused-ring (bicyclic) bond motifs is 1. The Hall–Kier alpha value is -3.30. The van der Waals surface area contributed by atoms with Gasteiger partial charge in [-0.05, 0) is 12.1 Å². The lowest BCUT2D eigenvalue weighted by atomic mass is 10.3. The third-order valence-corrected chi connectivity index (χ3v) is 3.04. The highest BCUT2D eigenvalue weighted by Crippen LogP contribution is 2.34. The van der Waals surface area contributed by atoms with Gasteiger partial charge in [-0.25, -0.2) is 4.79 Å². The molecule has 3 rings (SSSR count). The van der Waals surface area contributed by atoms with Crippen molar-refractivity contribution in [3.63, 3.8) is 0 Å². The number of urea groups is 1. The van der Waals surface area contributed by atoms with Crippen LogP contribution in [-0.2, 0) is 6.54 Å². The zero-order valence-electron chi connectivity index (χ0n) is 13.0. The summed E-state index contributed by atoms with van der Waals surface area (Å²) in [6, 6.07) is 4.90. The highest BCUT2D eigenvalue weighted by molar-refractivity contribution is 5.89. The predicted octanol–water partition coefficient (Wildman–Crippen LogP) is 0.939. The third kappa shape index (κ3) is 3.54. The van der Waals surface area contributed by atoms with E-state index < -0.39 is 6.03 Å². The van der Waals surface area contributed by atoms with Crippen LogP contribution in [0.15, 0.2) is 18.2 Å². The van der Waals surface area contributed by atoms with Gasteiger partial charge in [-0.1, -0.05) is 0 Å². The highest BCUT2D eigenvalue weighted by atomic mass is 16.7. The summed E-state index contributed by atoms with van der Waals surface area (Å²) in [5.41, 5.74) is 0.572. The Kier molecular flexibility index (Phi) is 4.45. The number of nitrogens with zero attached hydrogens (tertiary/aromatic N) is 3. The molecule has 0 aliphatic carbocycles. The molecular weight excluding hydrogens is 318 g/mol.